The molecule has 0 aliphatic heterocycles. The number of guanidine groups is 1. The molecule has 0 unspecified atom stereocenters. The first-order valence-corrected chi connectivity index (χ1v) is 8.37. The highest BCUT2D eigenvalue weighted by Crippen LogP contribution is 2.12. The molecule has 0 aliphatic carbocycles. The van der Waals surface area contributed by atoms with Gasteiger partial charge in [-0.3, -0.25) is 0 Å². The highest BCUT2D eigenvalue weighted by molar-refractivity contribution is 7.98. The summed E-state index contributed by atoms with van der Waals surface area (Å²) < 4.78 is 0. The molecule has 9 heteroatoms. The van der Waals surface area contributed by atoms with Crippen molar-refractivity contribution in [1.82, 2.24) is 24.8 Å². The van der Waals surface area contributed by atoms with E-state index >= 15 is 0 Å². The van der Waals surface area contributed by atoms with E-state index in [2.05, 4.69) is 24.9 Å². The Bertz CT molecular complexity index is 655. The first-order valence-electron chi connectivity index (χ1n) is 7.21. The average molecular weight is 332 g/mol. The van der Waals surface area contributed by atoms with Gasteiger partial charge in [0.25, 0.3) is 0 Å². The van der Waals surface area contributed by atoms with Crippen LogP contribution in [0, 0.1) is 18.4 Å². The summed E-state index contributed by atoms with van der Waals surface area (Å²) in [6.45, 7) is 3.41. The van der Waals surface area contributed by atoms with Crippen molar-refractivity contribution in [2.45, 2.75) is 19.1 Å². The Morgan fingerprint density at radius 2 is 2.30 bits per heavy atom. The fourth-order valence-electron chi connectivity index (χ4n) is 2.02. The van der Waals surface area contributed by atoms with E-state index in [4.69, 9.17) is 11.0 Å². The maximum atomic E-state index is 8.69. The quantitative estimate of drug-likeness (QED) is 0.287. The van der Waals surface area contributed by atoms with Crippen molar-refractivity contribution in [2.24, 2.45) is 10.7 Å². The van der Waals surface area contributed by atoms with Gasteiger partial charge in [-0.1, -0.05) is 0 Å². The lowest BCUT2D eigenvalue weighted by atomic mass is 10.3. The van der Waals surface area contributed by atoms with Gasteiger partial charge in [0.05, 0.1) is 18.3 Å². The van der Waals surface area contributed by atoms with Crippen LogP contribution in [-0.2, 0) is 12.2 Å². The fourth-order valence-corrected chi connectivity index (χ4v) is 2.99. The number of hydrogen-bond acceptors (Lipinski definition) is 5. The molecule has 2 aromatic rings. The molecule has 8 nitrogen and oxygen atoms in total. The van der Waals surface area contributed by atoms with E-state index in [-0.39, 0.29) is 5.96 Å². The van der Waals surface area contributed by atoms with Gasteiger partial charge in [-0.25, -0.2) is 9.97 Å². The Balaban J connectivity index is 1.81. The predicted molar refractivity (Wildman–Crippen MR) is 90.6 cm³/mol. The van der Waals surface area contributed by atoms with Crippen LogP contribution in [0.4, 0.5) is 0 Å². The van der Waals surface area contributed by atoms with E-state index in [1.807, 2.05) is 11.8 Å². The van der Waals surface area contributed by atoms with Gasteiger partial charge in [0, 0.05) is 48.6 Å². The summed E-state index contributed by atoms with van der Waals surface area (Å²) in [6.07, 6.45) is 7.65. The van der Waals surface area contributed by atoms with Gasteiger partial charge in [0.1, 0.15) is 0 Å². The van der Waals surface area contributed by atoms with E-state index in [0.29, 0.717) is 6.54 Å². The molecule has 0 bridgehead atoms. The van der Waals surface area contributed by atoms with Crippen molar-refractivity contribution in [2.75, 3.05) is 18.8 Å². The molecular formula is C14H20N8S. The Morgan fingerprint density at radius 1 is 1.43 bits per heavy atom. The van der Waals surface area contributed by atoms with Gasteiger partial charge in [0.2, 0.25) is 12.2 Å². The number of nitrogens with one attached hydrogen (secondary N) is 2. The van der Waals surface area contributed by atoms with Crippen molar-refractivity contribution < 1.29 is 0 Å². The molecule has 0 amide bonds. The van der Waals surface area contributed by atoms with E-state index in [1.54, 1.807) is 36.8 Å². The lowest BCUT2D eigenvalue weighted by molar-refractivity contribution is 0.442. The lowest BCUT2D eigenvalue weighted by Crippen LogP contribution is -2.40. The zero-order valence-electron chi connectivity index (χ0n) is 13.0. The van der Waals surface area contributed by atoms with E-state index in [0.717, 1.165) is 41.6 Å². The molecule has 23 heavy (non-hydrogen) atoms. The molecular weight excluding hydrogens is 312 g/mol. The molecule has 2 rings (SSSR count). The zero-order chi connectivity index (χ0) is 16.5. The topological polar surface area (TPSA) is 123 Å². The molecule has 0 spiro atoms. The van der Waals surface area contributed by atoms with Gasteiger partial charge in [-0.15, -0.1) is 4.99 Å². The second-order valence-corrected chi connectivity index (χ2v) is 6.02. The van der Waals surface area contributed by atoms with Crippen LogP contribution in [0.2, 0.25) is 0 Å². The Kier molecular flexibility index (Phi) is 6.50. The molecule has 0 fully saturated rings. The summed E-state index contributed by atoms with van der Waals surface area (Å²) in [4.78, 5) is 19.9. The number of aromatic amines is 2. The van der Waals surface area contributed by atoms with Crippen LogP contribution in [-0.4, -0.2) is 49.6 Å². The fraction of sp³-hybridized carbons (Fsp3) is 0.429. The molecule has 4 N–H and O–H groups in total. The number of nitriles is 1. The second-order valence-electron chi connectivity index (χ2n) is 4.91. The molecule has 0 radical (unpaired) electrons. The minimum Gasteiger partial charge on any atom is -0.369 e. The molecule has 0 atom stereocenters. The van der Waals surface area contributed by atoms with Gasteiger partial charge in [-0.05, 0) is 6.92 Å². The van der Waals surface area contributed by atoms with E-state index < -0.39 is 0 Å². The molecule has 2 heterocycles. The summed E-state index contributed by atoms with van der Waals surface area (Å²) in [5.74, 6) is 1.97. The van der Waals surface area contributed by atoms with Crippen molar-refractivity contribution >= 4 is 17.7 Å². The van der Waals surface area contributed by atoms with E-state index in [1.165, 1.54) is 0 Å². The van der Waals surface area contributed by atoms with Gasteiger partial charge >= 0.3 is 0 Å². The van der Waals surface area contributed by atoms with Crippen LogP contribution in [0.3, 0.4) is 0 Å². The van der Waals surface area contributed by atoms with Crippen molar-refractivity contribution in [3.63, 3.8) is 0 Å². The van der Waals surface area contributed by atoms with Crippen molar-refractivity contribution in [3.05, 3.63) is 35.9 Å². The minimum absolute atomic E-state index is 0.253. The number of nitrogens with two attached hydrogens (primary N) is 1. The summed E-state index contributed by atoms with van der Waals surface area (Å²) in [7, 11) is 0. The number of H-pyrrole nitrogens is 2. The molecule has 0 saturated carbocycles. The Hall–Kier alpha value is -2.47. The number of nitrogens with zero attached hydrogens (tertiary/aromatic N) is 5. The third kappa shape index (κ3) is 5.34. The minimum atomic E-state index is 0.253. The van der Waals surface area contributed by atoms with Gasteiger partial charge < -0.3 is 20.6 Å². The standard InChI is InChI=1S/C14H20N8S/c1-11-13(21-10-19-11)7-23-5-4-22(14(16)18-8-15)3-2-12-6-17-9-20-12/h6,9-10H,2-5,7H2,1H3,(H2,16,18)(H,17,20)(H,19,21). The second kappa shape index (κ2) is 8.85. The van der Waals surface area contributed by atoms with Crippen LogP contribution in [0.25, 0.3) is 0 Å². The van der Waals surface area contributed by atoms with E-state index in [9.17, 15) is 0 Å². The predicted octanol–water partition coefficient (Wildman–Crippen LogP) is 1.01. The van der Waals surface area contributed by atoms with Crippen LogP contribution in [0.1, 0.15) is 17.1 Å². The normalized spacial score (nSPS) is 11.4. The summed E-state index contributed by atoms with van der Waals surface area (Å²) in [6, 6.07) is 0. The maximum absolute atomic E-state index is 8.69. The summed E-state index contributed by atoms with van der Waals surface area (Å²) in [5, 5.41) is 8.69. The summed E-state index contributed by atoms with van der Waals surface area (Å²) in [5.41, 5.74) is 9.06. The van der Waals surface area contributed by atoms with Gasteiger partial charge in [-0.2, -0.15) is 17.0 Å². The first-order chi connectivity index (χ1) is 11.2. The van der Waals surface area contributed by atoms with Crippen LogP contribution in [0.5, 0.6) is 0 Å². The number of imidazole rings is 2. The van der Waals surface area contributed by atoms with Crippen LogP contribution in [0.15, 0.2) is 23.8 Å². The Morgan fingerprint density at radius 3 is 2.96 bits per heavy atom. The SMILES string of the molecule is Cc1[nH]cnc1CSCCN(CCc1cnc[nH]1)C(N)=NC#N. The zero-order valence-corrected chi connectivity index (χ0v) is 13.8. The largest absolute Gasteiger partial charge is 0.369 e. The number of aryl methyl sites for hydroxylation is 1. The van der Waals surface area contributed by atoms with Crippen LogP contribution < -0.4 is 5.73 Å². The number of aliphatic imine (C=N–C) groups is 1. The number of hydrogen-bond donors (Lipinski definition) is 3. The highest BCUT2D eigenvalue weighted by Gasteiger charge is 2.09. The van der Waals surface area contributed by atoms with Crippen molar-refractivity contribution in [1.29, 1.82) is 5.26 Å². The first kappa shape index (κ1) is 16.9. The smallest absolute Gasteiger partial charge is 0.209 e. The average Bonchev–Trinajstić information content (AvgIpc) is 3.18. The third-order valence-electron chi connectivity index (χ3n) is 3.37. The summed E-state index contributed by atoms with van der Waals surface area (Å²) >= 11 is 1.77. The Labute approximate surface area is 139 Å². The molecule has 122 valence electrons. The number of rotatable bonds is 8. The highest BCUT2D eigenvalue weighted by atomic mass is 32.2. The molecule has 0 aliphatic rings. The van der Waals surface area contributed by atoms with Gasteiger partial charge in [0.15, 0.2) is 0 Å². The number of thioether (sulfide) groups is 1. The van der Waals surface area contributed by atoms with Crippen molar-refractivity contribution in [3.8, 4) is 6.19 Å². The number of aromatic nitrogens is 4. The maximum Gasteiger partial charge on any atom is 0.209 e. The monoisotopic (exact) mass is 332 g/mol. The third-order valence-corrected chi connectivity index (χ3v) is 4.32. The van der Waals surface area contributed by atoms with Crippen LogP contribution >= 0.6 is 11.8 Å². The molecule has 0 saturated heterocycles. The lowest BCUT2D eigenvalue weighted by Gasteiger charge is -2.22. The molecule has 2 aromatic heterocycles. The molecule has 0 aromatic carbocycles.